The predicted molar refractivity (Wildman–Crippen MR) is 183 cm³/mol. The van der Waals surface area contributed by atoms with Gasteiger partial charge in [0.1, 0.15) is 44.0 Å². The largest absolute Gasteiger partial charge is 0.491 e. The highest BCUT2D eigenvalue weighted by molar-refractivity contribution is 6.35. The third-order valence-electron chi connectivity index (χ3n) is 8.53. The lowest BCUT2D eigenvalue weighted by atomic mass is 10.1. The van der Waals surface area contributed by atoms with Crippen molar-refractivity contribution in [2.75, 3.05) is 29.7 Å². The second-order valence-corrected chi connectivity index (χ2v) is 12.6. The Morgan fingerprint density at radius 1 is 0.958 bits per heavy atom. The van der Waals surface area contributed by atoms with Gasteiger partial charge in [-0.3, -0.25) is 0 Å². The molecule has 2 aromatic heterocycles. The summed E-state index contributed by atoms with van der Waals surface area (Å²) in [6.07, 6.45) is 9.18. The SMILES string of the molecule is CCC(C)n1ncn(-c2ccc(N3C=CN(c4ccc(OC[C@@H]5CO[C@@](Cn6cncn6)(c6ccc(Cl)cc6Cl)O5)cc4)C3)cc2)c1=O. The molecule has 14 heteroatoms. The van der Waals surface area contributed by atoms with Gasteiger partial charge in [-0.2, -0.15) is 10.2 Å². The van der Waals surface area contributed by atoms with Crippen molar-refractivity contribution in [2.24, 2.45) is 0 Å². The average Bonchev–Trinajstić information content (AvgIpc) is 3.92. The van der Waals surface area contributed by atoms with Crippen LogP contribution in [0.3, 0.4) is 0 Å². The summed E-state index contributed by atoms with van der Waals surface area (Å²) in [6.45, 7) is 5.51. The van der Waals surface area contributed by atoms with Crippen molar-refractivity contribution in [3.8, 4) is 11.4 Å². The molecule has 3 aromatic carbocycles. The maximum atomic E-state index is 12.8. The summed E-state index contributed by atoms with van der Waals surface area (Å²) in [4.78, 5) is 21.1. The van der Waals surface area contributed by atoms with Gasteiger partial charge in [0.25, 0.3) is 0 Å². The lowest BCUT2D eigenvalue weighted by Gasteiger charge is -2.29. The Labute approximate surface area is 287 Å². The van der Waals surface area contributed by atoms with Crippen molar-refractivity contribution in [2.45, 2.75) is 44.7 Å². The van der Waals surface area contributed by atoms with Crippen LogP contribution in [0.1, 0.15) is 31.9 Å². The van der Waals surface area contributed by atoms with Crippen molar-refractivity contribution in [3.63, 3.8) is 0 Å². The van der Waals surface area contributed by atoms with Crippen molar-refractivity contribution < 1.29 is 14.2 Å². The second-order valence-electron chi connectivity index (χ2n) is 11.7. The Balaban J connectivity index is 0.954. The zero-order valence-electron chi connectivity index (χ0n) is 26.4. The van der Waals surface area contributed by atoms with E-state index in [1.165, 1.54) is 11.0 Å². The number of anilines is 2. The van der Waals surface area contributed by atoms with Crippen LogP contribution in [0.2, 0.25) is 10.0 Å². The van der Waals surface area contributed by atoms with Gasteiger partial charge < -0.3 is 24.0 Å². The van der Waals surface area contributed by atoms with Gasteiger partial charge >= 0.3 is 5.69 Å². The minimum atomic E-state index is -1.17. The zero-order valence-corrected chi connectivity index (χ0v) is 27.9. The minimum Gasteiger partial charge on any atom is -0.491 e. The van der Waals surface area contributed by atoms with Gasteiger partial charge in [0.2, 0.25) is 5.79 Å². The zero-order chi connectivity index (χ0) is 33.3. The van der Waals surface area contributed by atoms with Crippen molar-refractivity contribution in [1.29, 1.82) is 0 Å². The number of hydrogen-bond acceptors (Lipinski definition) is 9. The minimum absolute atomic E-state index is 0.0491. The lowest BCUT2D eigenvalue weighted by Crippen LogP contribution is -2.35. The standard InChI is InChI=1S/C34H34Cl2N8O4/c1-3-24(2)44-33(45)43(22-39-44)28-7-5-26(6-8-28)40-14-15-41(23-40)27-9-11-29(12-10-27)46-17-30-18-47-34(48-30,19-42-21-37-20-38-42)31-13-4-25(35)16-32(31)36/h4-16,20-22,24,30H,3,17-19,23H2,1-2H3/t24?,30-,34-/m1/s1. The summed E-state index contributed by atoms with van der Waals surface area (Å²) in [5.74, 6) is -0.459. The van der Waals surface area contributed by atoms with E-state index in [0.717, 1.165) is 23.5 Å². The van der Waals surface area contributed by atoms with Gasteiger partial charge in [-0.1, -0.05) is 36.2 Å². The van der Waals surface area contributed by atoms with E-state index >= 15 is 0 Å². The fourth-order valence-corrected chi connectivity index (χ4v) is 6.29. The van der Waals surface area contributed by atoms with Crippen LogP contribution in [0.15, 0.2) is 103 Å². The van der Waals surface area contributed by atoms with Crippen LogP contribution in [-0.2, 0) is 21.8 Å². The van der Waals surface area contributed by atoms with E-state index in [4.69, 9.17) is 37.4 Å². The second kappa shape index (κ2) is 13.5. The van der Waals surface area contributed by atoms with Crippen molar-refractivity contribution in [1.82, 2.24) is 29.1 Å². The molecule has 5 aromatic rings. The van der Waals surface area contributed by atoms with E-state index in [0.29, 0.717) is 34.6 Å². The van der Waals surface area contributed by atoms with E-state index < -0.39 is 5.79 Å². The highest BCUT2D eigenvalue weighted by Gasteiger charge is 2.45. The van der Waals surface area contributed by atoms with Crippen LogP contribution in [-0.4, -0.2) is 55.1 Å². The predicted octanol–water partition coefficient (Wildman–Crippen LogP) is 6.01. The molecular weight excluding hydrogens is 655 g/mol. The summed E-state index contributed by atoms with van der Waals surface area (Å²) in [7, 11) is 0. The number of nitrogens with zero attached hydrogens (tertiary/aromatic N) is 8. The molecule has 1 saturated heterocycles. The quantitative estimate of drug-likeness (QED) is 0.165. The smallest absolute Gasteiger partial charge is 0.350 e. The van der Waals surface area contributed by atoms with Crippen LogP contribution >= 0.6 is 23.2 Å². The van der Waals surface area contributed by atoms with E-state index in [1.807, 2.05) is 74.8 Å². The van der Waals surface area contributed by atoms with Crippen LogP contribution < -0.4 is 20.2 Å². The number of ether oxygens (including phenoxy) is 3. The molecule has 2 aliphatic rings. The van der Waals surface area contributed by atoms with Gasteiger partial charge in [-0.25, -0.2) is 23.7 Å². The molecule has 0 amide bonds. The third-order valence-corrected chi connectivity index (χ3v) is 9.08. The Morgan fingerprint density at radius 3 is 2.33 bits per heavy atom. The molecule has 0 aliphatic carbocycles. The first-order valence-corrected chi connectivity index (χ1v) is 16.4. The Morgan fingerprint density at radius 2 is 1.67 bits per heavy atom. The van der Waals surface area contributed by atoms with Gasteiger partial charge in [-0.15, -0.1) is 0 Å². The molecule has 4 heterocycles. The fraction of sp³-hybridized carbons (Fsp3) is 0.294. The monoisotopic (exact) mass is 688 g/mol. The molecule has 0 radical (unpaired) electrons. The maximum Gasteiger partial charge on any atom is 0.350 e. The summed E-state index contributed by atoms with van der Waals surface area (Å²) in [5.41, 5.74) is 3.33. The van der Waals surface area contributed by atoms with Crippen LogP contribution in [0.4, 0.5) is 11.4 Å². The molecule has 1 fully saturated rings. The molecule has 0 saturated carbocycles. The molecule has 2 aliphatic heterocycles. The Bertz CT molecular complexity index is 1950. The molecule has 3 atom stereocenters. The lowest BCUT2D eigenvalue weighted by molar-refractivity contribution is -0.190. The molecular formula is C34H34Cl2N8O4. The van der Waals surface area contributed by atoms with Crippen LogP contribution in [0.25, 0.3) is 5.69 Å². The van der Waals surface area contributed by atoms with Crippen molar-refractivity contribution >= 4 is 34.6 Å². The highest BCUT2D eigenvalue weighted by atomic mass is 35.5. The van der Waals surface area contributed by atoms with Gasteiger partial charge in [0.05, 0.1) is 30.0 Å². The number of benzene rings is 3. The van der Waals surface area contributed by atoms with Crippen LogP contribution in [0, 0.1) is 0 Å². The molecule has 0 spiro atoms. The average molecular weight is 690 g/mol. The van der Waals surface area contributed by atoms with Gasteiger partial charge in [-0.05, 0) is 74.0 Å². The molecule has 7 rings (SSSR count). The topological polar surface area (TPSA) is 105 Å². The highest BCUT2D eigenvalue weighted by Crippen LogP contribution is 2.40. The van der Waals surface area contributed by atoms with Gasteiger partial charge in [0, 0.05) is 34.4 Å². The number of halogens is 2. The Kier molecular flexibility index (Phi) is 8.97. The van der Waals surface area contributed by atoms with E-state index in [9.17, 15) is 4.79 Å². The Hall–Kier alpha value is -4.62. The first-order valence-electron chi connectivity index (χ1n) is 15.6. The third kappa shape index (κ3) is 6.44. The van der Waals surface area contributed by atoms with E-state index in [1.54, 1.807) is 40.1 Å². The van der Waals surface area contributed by atoms with Crippen molar-refractivity contribution in [3.05, 3.63) is 124 Å². The normalized spacial score (nSPS) is 19.7. The number of aromatic nitrogens is 6. The number of hydrogen-bond donors (Lipinski definition) is 0. The summed E-state index contributed by atoms with van der Waals surface area (Å²) in [5, 5.41) is 9.47. The van der Waals surface area contributed by atoms with E-state index in [2.05, 4.69) is 25.0 Å². The fourth-order valence-electron chi connectivity index (χ4n) is 5.73. The van der Waals surface area contributed by atoms with Crippen LogP contribution in [0.5, 0.6) is 5.75 Å². The van der Waals surface area contributed by atoms with Gasteiger partial charge in [0.15, 0.2) is 0 Å². The first kappa shape index (κ1) is 32.0. The summed E-state index contributed by atoms with van der Waals surface area (Å²) in [6, 6.07) is 21.1. The molecule has 1 unspecified atom stereocenters. The molecule has 0 bridgehead atoms. The maximum absolute atomic E-state index is 12.8. The summed E-state index contributed by atoms with van der Waals surface area (Å²) >= 11 is 12.7. The molecule has 0 N–H and O–H groups in total. The first-order chi connectivity index (χ1) is 23.3. The molecule has 12 nitrogen and oxygen atoms in total. The molecule has 48 heavy (non-hydrogen) atoms. The summed E-state index contributed by atoms with van der Waals surface area (Å²) < 4.78 is 23.6. The molecule has 248 valence electrons. The van der Waals surface area contributed by atoms with E-state index in [-0.39, 0.29) is 31.0 Å². The number of rotatable bonds is 11.